The van der Waals surface area contributed by atoms with Crippen LogP contribution in [-0.2, 0) is 6.61 Å². The maximum atomic E-state index is 13.3. The van der Waals surface area contributed by atoms with Gasteiger partial charge in [0.1, 0.15) is 12.4 Å². The number of nitrogens with zero attached hydrogens (tertiary/aromatic N) is 2. The van der Waals surface area contributed by atoms with Crippen molar-refractivity contribution in [2.45, 2.75) is 6.61 Å². The maximum absolute atomic E-state index is 13.3. The SMILES string of the molecule is COc1cccc(COc2nc(Cl)ncc2F)c1. The average molecular weight is 269 g/mol. The average Bonchev–Trinajstić information content (AvgIpc) is 2.40. The van der Waals surface area contributed by atoms with Gasteiger partial charge in [-0.3, -0.25) is 0 Å². The molecule has 0 radical (unpaired) electrons. The zero-order valence-corrected chi connectivity index (χ0v) is 10.3. The molecule has 0 atom stereocenters. The van der Waals surface area contributed by atoms with Crippen LogP contribution in [0, 0.1) is 5.82 Å². The van der Waals surface area contributed by atoms with Gasteiger partial charge >= 0.3 is 0 Å². The van der Waals surface area contributed by atoms with Crippen LogP contribution in [0.4, 0.5) is 4.39 Å². The van der Waals surface area contributed by atoms with Crippen molar-refractivity contribution >= 4 is 11.6 Å². The molecule has 2 aromatic rings. The van der Waals surface area contributed by atoms with E-state index in [1.54, 1.807) is 13.2 Å². The number of hydrogen-bond donors (Lipinski definition) is 0. The van der Waals surface area contributed by atoms with Crippen LogP contribution in [0.2, 0.25) is 5.28 Å². The van der Waals surface area contributed by atoms with Crippen molar-refractivity contribution in [1.82, 2.24) is 9.97 Å². The minimum absolute atomic E-state index is 0.0583. The Morgan fingerprint density at radius 1 is 1.39 bits per heavy atom. The summed E-state index contributed by atoms with van der Waals surface area (Å²) in [6.45, 7) is 0.168. The van der Waals surface area contributed by atoms with Gasteiger partial charge in [0.2, 0.25) is 11.1 Å². The molecule has 0 amide bonds. The topological polar surface area (TPSA) is 44.2 Å². The first-order valence-corrected chi connectivity index (χ1v) is 5.50. The molecule has 0 aliphatic rings. The van der Waals surface area contributed by atoms with Crippen molar-refractivity contribution in [1.29, 1.82) is 0 Å². The molecule has 6 heteroatoms. The molecule has 0 fully saturated rings. The maximum Gasteiger partial charge on any atom is 0.255 e. The van der Waals surface area contributed by atoms with Crippen LogP contribution in [0.1, 0.15) is 5.56 Å². The summed E-state index contributed by atoms with van der Waals surface area (Å²) in [5.74, 6) is -0.114. The Bertz CT molecular complexity index is 551. The zero-order valence-electron chi connectivity index (χ0n) is 9.56. The lowest BCUT2D eigenvalue weighted by Gasteiger charge is -2.07. The molecule has 1 aromatic heterocycles. The van der Waals surface area contributed by atoms with E-state index in [1.807, 2.05) is 18.2 Å². The number of methoxy groups -OCH3 is 1. The Balaban J connectivity index is 2.08. The van der Waals surface area contributed by atoms with Crippen LogP contribution in [0.15, 0.2) is 30.5 Å². The molecular weight excluding hydrogens is 259 g/mol. The standard InChI is InChI=1S/C12H10ClFN2O2/c1-17-9-4-2-3-8(5-9)7-18-11-10(14)6-15-12(13)16-11/h2-6H,7H2,1H3. The molecule has 1 aromatic carbocycles. The number of ether oxygens (including phenoxy) is 2. The Kier molecular flexibility index (Phi) is 3.94. The Morgan fingerprint density at radius 2 is 2.22 bits per heavy atom. The van der Waals surface area contributed by atoms with Gasteiger partial charge in [-0.15, -0.1) is 0 Å². The largest absolute Gasteiger partial charge is 0.497 e. The first kappa shape index (κ1) is 12.6. The predicted molar refractivity (Wildman–Crippen MR) is 64.3 cm³/mol. The molecule has 0 saturated heterocycles. The molecule has 0 N–H and O–H groups in total. The van der Waals surface area contributed by atoms with Crippen molar-refractivity contribution in [3.05, 3.63) is 47.1 Å². The van der Waals surface area contributed by atoms with Crippen LogP contribution >= 0.6 is 11.6 Å². The third-order valence-corrected chi connectivity index (χ3v) is 2.37. The predicted octanol–water partition coefficient (Wildman–Crippen LogP) is 2.86. The van der Waals surface area contributed by atoms with Gasteiger partial charge in [0.05, 0.1) is 13.3 Å². The number of aromatic nitrogens is 2. The molecule has 4 nitrogen and oxygen atoms in total. The molecule has 2 rings (SSSR count). The highest BCUT2D eigenvalue weighted by Gasteiger charge is 2.07. The smallest absolute Gasteiger partial charge is 0.255 e. The Labute approximate surface area is 108 Å². The third-order valence-electron chi connectivity index (χ3n) is 2.19. The van der Waals surface area contributed by atoms with Crippen molar-refractivity contribution < 1.29 is 13.9 Å². The van der Waals surface area contributed by atoms with E-state index < -0.39 is 5.82 Å². The summed E-state index contributed by atoms with van der Waals surface area (Å²) < 4.78 is 23.6. The van der Waals surface area contributed by atoms with E-state index in [2.05, 4.69) is 9.97 Å². The van der Waals surface area contributed by atoms with E-state index in [0.717, 1.165) is 11.8 Å². The first-order valence-electron chi connectivity index (χ1n) is 5.13. The van der Waals surface area contributed by atoms with Crippen molar-refractivity contribution in [2.24, 2.45) is 0 Å². The normalized spacial score (nSPS) is 10.2. The van der Waals surface area contributed by atoms with E-state index in [4.69, 9.17) is 21.1 Å². The van der Waals surface area contributed by atoms with Crippen LogP contribution in [0.3, 0.4) is 0 Å². The fourth-order valence-electron chi connectivity index (χ4n) is 1.35. The fourth-order valence-corrected chi connectivity index (χ4v) is 1.47. The lowest BCUT2D eigenvalue weighted by molar-refractivity contribution is 0.275. The van der Waals surface area contributed by atoms with Gasteiger partial charge < -0.3 is 9.47 Å². The summed E-state index contributed by atoms with van der Waals surface area (Å²) in [5, 5.41) is -0.0583. The minimum atomic E-state index is -0.651. The second-order valence-electron chi connectivity index (χ2n) is 3.43. The summed E-state index contributed by atoms with van der Waals surface area (Å²) in [4.78, 5) is 7.16. The van der Waals surface area contributed by atoms with Gasteiger partial charge in [-0.1, -0.05) is 12.1 Å². The van der Waals surface area contributed by atoms with E-state index in [-0.39, 0.29) is 17.8 Å². The Hall–Kier alpha value is -1.88. The summed E-state index contributed by atoms with van der Waals surface area (Å²) in [6, 6.07) is 7.26. The van der Waals surface area contributed by atoms with Crippen molar-refractivity contribution in [3.63, 3.8) is 0 Å². The molecule has 0 aliphatic heterocycles. The molecule has 0 bridgehead atoms. The van der Waals surface area contributed by atoms with Crippen molar-refractivity contribution in [2.75, 3.05) is 7.11 Å². The van der Waals surface area contributed by atoms with E-state index in [1.165, 1.54) is 0 Å². The summed E-state index contributed by atoms with van der Waals surface area (Å²) in [6.07, 6.45) is 0.968. The van der Waals surface area contributed by atoms with E-state index >= 15 is 0 Å². The molecule has 18 heavy (non-hydrogen) atoms. The summed E-state index contributed by atoms with van der Waals surface area (Å²) in [7, 11) is 1.57. The van der Waals surface area contributed by atoms with E-state index in [0.29, 0.717) is 5.75 Å². The van der Waals surface area contributed by atoms with E-state index in [9.17, 15) is 4.39 Å². The van der Waals surface area contributed by atoms with Gasteiger partial charge in [0, 0.05) is 0 Å². The number of benzene rings is 1. The lowest BCUT2D eigenvalue weighted by atomic mass is 10.2. The minimum Gasteiger partial charge on any atom is -0.497 e. The second-order valence-corrected chi connectivity index (χ2v) is 3.77. The monoisotopic (exact) mass is 268 g/mol. The molecule has 94 valence electrons. The number of rotatable bonds is 4. The van der Waals surface area contributed by atoms with Gasteiger partial charge in [0.15, 0.2) is 0 Å². The molecule has 0 spiro atoms. The van der Waals surface area contributed by atoms with Gasteiger partial charge in [-0.25, -0.2) is 4.98 Å². The second kappa shape index (κ2) is 5.64. The summed E-state index contributed by atoms with van der Waals surface area (Å²) in [5.41, 5.74) is 0.837. The molecule has 0 aliphatic carbocycles. The lowest BCUT2D eigenvalue weighted by Crippen LogP contribution is -2.01. The Morgan fingerprint density at radius 3 is 3.00 bits per heavy atom. The first-order chi connectivity index (χ1) is 8.69. The molecule has 0 unspecified atom stereocenters. The third kappa shape index (κ3) is 3.07. The highest BCUT2D eigenvalue weighted by Crippen LogP contribution is 2.18. The highest BCUT2D eigenvalue weighted by atomic mass is 35.5. The van der Waals surface area contributed by atoms with Crippen LogP contribution in [-0.4, -0.2) is 17.1 Å². The highest BCUT2D eigenvalue weighted by molar-refractivity contribution is 6.28. The van der Waals surface area contributed by atoms with Crippen LogP contribution in [0.5, 0.6) is 11.6 Å². The van der Waals surface area contributed by atoms with Gasteiger partial charge in [-0.05, 0) is 29.3 Å². The fraction of sp³-hybridized carbons (Fsp3) is 0.167. The van der Waals surface area contributed by atoms with Gasteiger partial charge in [0.25, 0.3) is 5.88 Å². The molecule has 0 saturated carbocycles. The summed E-state index contributed by atoms with van der Waals surface area (Å²) >= 11 is 5.56. The van der Waals surface area contributed by atoms with Crippen LogP contribution < -0.4 is 9.47 Å². The van der Waals surface area contributed by atoms with Gasteiger partial charge in [-0.2, -0.15) is 9.37 Å². The van der Waals surface area contributed by atoms with Crippen molar-refractivity contribution in [3.8, 4) is 11.6 Å². The quantitative estimate of drug-likeness (QED) is 0.800. The molecule has 1 heterocycles. The molecular formula is C12H10ClFN2O2. The van der Waals surface area contributed by atoms with Crippen LogP contribution in [0.25, 0.3) is 0 Å². The number of halogens is 2. The zero-order chi connectivity index (χ0) is 13.0. The number of hydrogen-bond acceptors (Lipinski definition) is 4.